The fraction of sp³-hybridized carbons (Fsp3) is 0.0357. The first-order valence-electron chi connectivity index (χ1n) is 10.6. The van der Waals surface area contributed by atoms with E-state index in [-0.39, 0.29) is 5.78 Å². The van der Waals surface area contributed by atoms with E-state index in [2.05, 4.69) is 72.8 Å². The van der Waals surface area contributed by atoms with E-state index < -0.39 is 0 Å². The van der Waals surface area contributed by atoms with Crippen LogP contribution in [-0.4, -0.2) is 10.4 Å². The molecule has 6 rings (SSSR count). The number of hydrogen-bond donors (Lipinski definition) is 0. The van der Waals surface area contributed by atoms with E-state index >= 15 is 0 Å². The van der Waals surface area contributed by atoms with E-state index in [0.717, 1.165) is 62.9 Å². The van der Waals surface area contributed by atoms with Crippen LogP contribution in [0.2, 0.25) is 5.02 Å². The summed E-state index contributed by atoms with van der Waals surface area (Å²) in [7, 11) is 0. The Morgan fingerprint density at radius 2 is 1.68 bits per heavy atom. The second-order valence-corrected chi connectivity index (χ2v) is 11.5. The Bertz CT molecular complexity index is 1690. The highest BCUT2D eigenvalue weighted by atomic mass is 79.9. The predicted octanol–water partition coefficient (Wildman–Crippen LogP) is 9.68. The number of aromatic nitrogens is 1. The molecule has 0 spiro atoms. The molecule has 0 N–H and O–H groups in total. The number of Topliss-reactive ketones (excluding diaryl/α,β-unsaturated/α-hetero) is 1. The maximum absolute atomic E-state index is 13.2. The molecule has 0 fully saturated rings. The molecule has 0 aliphatic carbocycles. The van der Waals surface area contributed by atoms with Crippen LogP contribution in [0.5, 0.6) is 0 Å². The SMILES string of the molecule is C/C(=C1/Sc2ccc(Br)cc2C1=O)c1cc(Br)c2c(c1)c1ccccc1n2-c1ccc(Cl)cc1. The van der Waals surface area contributed by atoms with E-state index in [1.807, 2.05) is 49.4 Å². The third-order valence-corrected chi connectivity index (χ3v) is 8.81. The van der Waals surface area contributed by atoms with Crippen molar-refractivity contribution in [1.82, 2.24) is 4.57 Å². The van der Waals surface area contributed by atoms with Crippen molar-refractivity contribution in [1.29, 1.82) is 0 Å². The van der Waals surface area contributed by atoms with E-state index in [4.69, 9.17) is 11.6 Å². The molecule has 0 atom stereocenters. The first-order valence-corrected chi connectivity index (χ1v) is 13.4. The predicted molar refractivity (Wildman–Crippen MR) is 150 cm³/mol. The topological polar surface area (TPSA) is 22.0 Å². The number of ketones is 1. The van der Waals surface area contributed by atoms with Crippen molar-refractivity contribution in [2.45, 2.75) is 11.8 Å². The Kier molecular flexibility index (Phi) is 5.49. The molecule has 166 valence electrons. The largest absolute Gasteiger partial charge is 0.308 e. The van der Waals surface area contributed by atoms with E-state index in [1.165, 1.54) is 0 Å². The van der Waals surface area contributed by atoms with Crippen molar-refractivity contribution in [3.05, 3.63) is 109 Å². The Morgan fingerprint density at radius 3 is 2.47 bits per heavy atom. The number of nitrogens with zero attached hydrogens (tertiary/aromatic N) is 1. The molecule has 6 heteroatoms. The third kappa shape index (κ3) is 3.49. The van der Waals surface area contributed by atoms with Crippen molar-refractivity contribution >= 4 is 88.4 Å². The highest BCUT2D eigenvalue weighted by Crippen LogP contribution is 2.46. The molecule has 34 heavy (non-hydrogen) atoms. The van der Waals surface area contributed by atoms with Gasteiger partial charge in [0.15, 0.2) is 0 Å². The molecule has 5 aromatic rings. The first kappa shape index (κ1) is 22.2. The zero-order valence-electron chi connectivity index (χ0n) is 17.9. The van der Waals surface area contributed by atoms with Gasteiger partial charge in [0, 0.05) is 40.9 Å². The second kappa shape index (κ2) is 8.42. The molecule has 0 saturated heterocycles. The van der Waals surface area contributed by atoms with Crippen LogP contribution in [0, 0.1) is 0 Å². The smallest absolute Gasteiger partial charge is 0.201 e. The fourth-order valence-electron chi connectivity index (χ4n) is 4.55. The Morgan fingerprint density at radius 1 is 0.912 bits per heavy atom. The summed E-state index contributed by atoms with van der Waals surface area (Å²) in [6.07, 6.45) is 0. The zero-order chi connectivity index (χ0) is 23.6. The molecule has 0 amide bonds. The molecule has 0 bridgehead atoms. The van der Waals surface area contributed by atoms with Crippen LogP contribution in [0.1, 0.15) is 22.8 Å². The van der Waals surface area contributed by atoms with E-state index in [1.54, 1.807) is 11.8 Å². The number of carbonyl (C=O) groups is 1. The molecule has 4 aromatic carbocycles. The van der Waals surface area contributed by atoms with Crippen molar-refractivity contribution < 1.29 is 4.79 Å². The van der Waals surface area contributed by atoms with Gasteiger partial charge in [-0.3, -0.25) is 4.79 Å². The van der Waals surface area contributed by atoms with Crippen molar-refractivity contribution in [2.24, 2.45) is 0 Å². The van der Waals surface area contributed by atoms with Gasteiger partial charge in [-0.25, -0.2) is 0 Å². The maximum Gasteiger partial charge on any atom is 0.201 e. The lowest BCUT2D eigenvalue weighted by atomic mass is 10.0. The van der Waals surface area contributed by atoms with Gasteiger partial charge in [0.1, 0.15) is 0 Å². The summed E-state index contributed by atoms with van der Waals surface area (Å²) in [6.45, 7) is 2.03. The summed E-state index contributed by atoms with van der Waals surface area (Å²) in [5.41, 5.74) is 6.01. The molecule has 2 nitrogen and oxygen atoms in total. The maximum atomic E-state index is 13.2. The lowest BCUT2D eigenvalue weighted by Crippen LogP contribution is -1.98. The number of rotatable bonds is 2. The third-order valence-electron chi connectivity index (χ3n) is 6.19. The summed E-state index contributed by atoms with van der Waals surface area (Å²) >= 11 is 15.0. The number of benzene rings is 4. The lowest BCUT2D eigenvalue weighted by Gasteiger charge is -2.11. The van der Waals surface area contributed by atoms with Gasteiger partial charge in [-0.2, -0.15) is 0 Å². The Balaban J connectivity index is 1.58. The molecule has 1 aliphatic heterocycles. The minimum absolute atomic E-state index is 0.0820. The number of thioether (sulfide) groups is 1. The molecule has 0 radical (unpaired) electrons. The normalized spacial score (nSPS) is 14.8. The Hall–Kier alpha value is -2.31. The number of allylic oxidation sites excluding steroid dienone is 2. The van der Waals surface area contributed by atoms with Gasteiger partial charge in [-0.15, -0.1) is 0 Å². The van der Waals surface area contributed by atoms with Gasteiger partial charge in [0.2, 0.25) is 5.78 Å². The lowest BCUT2D eigenvalue weighted by molar-refractivity contribution is 0.104. The molecular weight excluding hydrogens is 594 g/mol. The summed E-state index contributed by atoms with van der Waals surface area (Å²) in [4.78, 5) is 15.0. The summed E-state index contributed by atoms with van der Waals surface area (Å²) in [5.74, 6) is 0.0820. The van der Waals surface area contributed by atoms with Crippen molar-refractivity contribution in [3.63, 3.8) is 0 Å². The molecular formula is C28H16Br2ClNOS. The zero-order valence-corrected chi connectivity index (χ0v) is 22.6. The number of fused-ring (bicyclic) bond motifs is 4. The highest BCUT2D eigenvalue weighted by Gasteiger charge is 2.28. The average molecular weight is 610 g/mol. The van der Waals surface area contributed by atoms with E-state index in [0.29, 0.717) is 5.02 Å². The molecule has 1 aromatic heterocycles. The molecule has 0 unspecified atom stereocenters. The minimum atomic E-state index is 0.0820. The first-order chi connectivity index (χ1) is 16.4. The monoisotopic (exact) mass is 607 g/mol. The van der Waals surface area contributed by atoms with Crippen LogP contribution in [0.25, 0.3) is 33.1 Å². The number of hydrogen-bond acceptors (Lipinski definition) is 2. The average Bonchev–Trinajstić information content (AvgIpc) is 3.34. The number of halogens is 3. The number of para-hydroxylation sites is 1. The molecule has 0 saturated carbocycles. The van der Waals surface area contributed by atoms with Gasteiger partial charge >= 0.3 is 0 Å². The Labute approximate surface area is 222 Å². The molecule has 1 aliphatic rings. The van der Waals surface area contributed by atoms with Crippen LogP contribution in [-0.2, 0) is 0 Å². The number of carbonyl (C=O) groups excluding carboxylic acids is 1. The fourth-order valence-corrected chi connectivity index (χ4v) is 6.76. The van der Waals surface area contributed by atoms with Crippen LogP contribution in [0.15, 0.2) is 97.6 Å². The van der Waals surface area contributed by atoms with Crippen LogP contribution in [0.4, 0.5) is 0 Å². The summed E-state index contributed by atoms with van der Waals surface area (Å²) < 4.78 is 4.14. The molecule has 2 heterocycles. The van der Waals surface area contributed by atoms with Crippen LogP contribution >= 0.6 is 55.2 Å². The standard InChI is InChI=1S/C28H16Br2ClNOS/c1-15(28-27(33)22-14-17(29)6-11-25(22)34-28)16-12-21-20-4-2-3-5-24(20)32(26(21)23(30)13-16)19-9-7-18(31)8-10-19/h2-14H,1H3/b28-15-. The van der Waals surface area contributed by atoms with Gasteiger partial charge in [0.05, 0.1) is 15.9 Å². The highest BCUT2D eigenvalue weighted by molar-refractivity contribution is 9.11. The van der Waals surface area contributed by atoms with E-state index in [9.17, 15) is 4.79 Å². The van der Waals surface area contributed by atoms with Gasteiger partial charge in [-0.05, 0) is 94.7 Å². The van der Waals surface area contributed by atoms with Gasteiger partial charge in [0.25, 0.3) is 0 Å². The van der Waals surface area contributed by atoms with Crippen LogP contribution < -0.4 is 0 Å². The van der Waals surface area contributed by atoms with Gasteiger partial charge in [-0.1, -0.05) is 57.5 Å². The van der Waals surface area contributed by atoms with Crippen LogP contribution in [0.3, 0.4) is 0 Å². The van der Waals surface area contributed by atoms with Gasteiger partial charge < -0.3 is 4.57 Å². The summed E-state index contributed by atoms with van der Waals surface area (Å²) in [5, 5.41) is 3.00. The van der Waals surface area contributed by atoms with Crippen molar-refractivity contribution in [3.8, 4) is 5.69 Å². The minimum Gasteiger partial charge on any atom is -0.308 e. The summed E-state index contributed by atoms with van der Waals surface area (Å²) in [6, 6.07) is 26.5. The second-order valence-electron chi connectivity index (χ2n) is 8.21. The quantitative estimate of drug-likeness (QED) is 0.186. The van der Waals surface area contributed by atoms with Crippen molar-refractivity contribution in [2.75, 3.05) is 0 Å².